The lowest BCUT2D eigenvalue weighted by Gasteiger charge is -2.31. The van der Waals surface area contributed by atoms with Crippen molar-refractivity contribution in [1.29, 1.82) is 0 Å². The van der Waals surface area contributed by atoms with Crippen molar-refractivity contribution >= 4 is 6.03 Å². The number of nitrogens with zero attached hydrogens (tertiary/aromatic N) is 1. The normalized spacial score (nSPS) is 21.3. The highest BCUT2D eigenvalue weighted by Crippen LogP contribution is 2.25. The molecule has 1 aromatic carbocycles. The van der Waals surface area contributed by atoms with Crippen LogP contribution in [0.25, 0.3) is 0 Å². The molecular weight excluding hydrogens is 188 g/mol. The van der Waals surface area contributed by atoms with Gasteiger partial charge in [0, 0.05) is 19.0 Å². The Balaban J connectivity index is 2.08. The second-order valence-corrected chi connectivity index (χ2v) is 3.83. The molecule has 0 aromatic heterocycles. The molecule has 1 heterocycles. The molecule has 1 unspecified atom stereocenters. The third-order valence-electron chi connectivity index (χ3n) is 2.81. The molecule has 15 heavy (non-hydrogen) atoms. The van der Waals surface area contributed by atoms with Crippen molar-refractivity contribution in [2.45, 2.75) is 12.3 Å². The van der Waals surface area contributed by atoms with E-state index in [0.717, 1.165) is 13.0 Å². The Morgan fingerprint density at radius 3 is 2.73 bits per heavy atom. The number of likely N-dealkylation sites (tertiary alicyclic amines) is 1. The molecule has 1 fully saturated rings. The van der Waals surface area contributed by atoms with E-state index in [1.54, 1.807) is 4.90 Å². The minimum absolute atomic E-state index is 0.316. The van der Waals surface area contributed by atoms with Crippen LogP contribution < -0.4 is 5.73 Å². The molecule has 0 aliphatic carbocycles. The van der Waals surface area contributed by atoms with Gasteiger partial charge in [-0.1, -0.05) is 30.3 Å². The zero-order valence-electron chi connectivity index (χ0n) is 8.60. The van der Waals surface area contributed by atoms with Gasteiger partial charge in [0.15, 0.2) is 0 Å². The molecule has 1 aliphatic heterocycles. The Bertz CT molecular complexity index is 337. The number of hydrogen-bond donors (Lipinski definition) is 1. The summed E-state index contributed by atoms with van der Waals surface area (Å²) in [6.45, 7) is 1.46. The van der Waals surface area contributed by atoms with Gasteiger partial charge in [0.2, 0.25) is 0 Å². The van der Waals surface area contributed by atoms with Gasteiger partial charge >= 0.3 is 6.03 Å². The molecule has 0 saturated carbocycles. The molecule has 2 rings (SSSR count). The largest absolute Gasteiger partial charge is 0.351 e. The smallest absolute Gasteiger partial charge is 0.314 e. The van der Waals surface area contributed by atoms with Crippen LogP contribution in [0.15, 0.2) is 30.3 Å². The van der Waals surface area contributed by atoms with Gasteiger partial charge < -0.3 is 10.6 Å². The van der Waals surface area contributed by atoms with Crippen LogP contribution in [0, 0.1) is 6.42 Å². The minimum atomic E-state index is -0.316. The Labute approximate surface area is 89.9 Å². The van der Waals surface area contributed by atoms with E-state index in [0.29, 0.717) is 12.5 Å². The van der Waals surface area contributed by atoms with E-state index >= 15 is 0 Å². The molecule has 3 nitrogen and oxygen atoms in total. The van der Waals surface area contributed by atoms with Crippen LogP contribution in [-0.4, -0.2) is 24.0 Å². The first-order chi connectivity index (χ1) is 7.27. The number of rotatable bonds is 1. The number of carbonyl (C=O) groups is 1. The number of carbonyl (C=O) groups excluding carboxylic acids is 1. The van der Waals surface area contributed by atoms with E-state index in [9.17, 15) is 4.79 Å². The van der Waals surface area contributed by atoms with Crippen LogP contribution in [0.3, 0.4) is 0 Å². The standard InChI is InChI=1S/C12H15N2O/c13-12(15)14-8-4-7-11(9-14)10-5-2-1-3-6-10/h1-3,5-7,11H,4,8-9H2,(H2,13,15). The summed E-state index contributed by atoms with van der Waals surface area (Å²) in [6.07, 6.45) is 3.18. The number of piperidine rings is 1. The van der Waals surface area contributed by atoms with Gasteiger partial charge in [-0.2, -0.15) is 0 Å². The lowest BCUT2D eigenvalue weighted by Crippen LogP contribution is -2.42. The summed E-state index contributed by atoms with van der Waals surface area (Å²) in [5, 5.41) is 0. The number of amides is 2. The summed E-state index contributed by atoms with van der Waals surface area (Å²) in [5.74, 6) is 0.326. The van der Waals surface area contributed by atoms with Gasteiger partial charge in [-0.25, -0.2) is 4.79 Å². The van der Waals surface area contributed by atoms with Crippen molar-refractivity contribution in [1.82, 2.24) is 4.90 Å². The van der Waals surface area contributed by atoms with E-state index in [4.69, 9.17) is 5.73 Å². The molecule has 0 bridgehead atoms. The fraction of sp³-hybridized carbons (Fsp3) is 0.333. The van der Waals surface area contributed by atoms with E-state index in [-0.39, 0.29) is 6.03 Å². The highest BCUT2D eigenvalue weighted by Gasteiger charge is 2.23. The summed E-state index contributed by atoms with van der Waals surface area (Å²) in [6, 6.07) is 9.90. The number of urea groups is 1. The van der Waals surface area contributed by atoms with Crippen molar-refractivity contribution in [2.75, 3.05) is 13.1 Å². The predicted molar refractivity (Wildman–Crippen MR) is 59.3 cm³/mol. The maximum atomic E-state index is 11.1. The first kappa shape index (κ1) is 10.0. The summed E-state index contributed by atoms with van der Waals surface area (Å²) in [7, 11) is 0. The van der Waals surface area contributed by atoms with Crippen LogP contribution in [0.4, 0.5) is 4.79 Å². The molecule has 79 valence electrons. The third kappa shape index (κ3) is 2.29. The van der Waals surface area contributed by atoms with Gasteiger partial charge in [0.25, 0.3) is 0 Å². The maximum Gasteiger partial charge on any atom is 0.314 e. The Morgan fingerprint density at radius 2 is 2.07 bits per heavy atom. The zero-order valence-corrected chi connectivity index (χ0v) is 8.60. The average Bonchev–Trinajstić information content (AvgIpc) is 2.30. The summed E-state index contributed by atoms with van der Waals surface area (Å²) in [5.41, 5.74) is 6.53. The molecule has 2 amide bonds. The number of hydrogen-bond acceptors (Lipinski definition) is 1. The van der Waals surface area contributed by atoms with E-state index in [2.05, 4.69) is 18.6 Å². The van der Waals surface area contributed by atoms with Crippen LogP contribution in [0.2, 0.25) is 0 Å². The lowest BCUT2D eigenvalue weighted by molar-refractivity contribution is 0.198. The topological polar surface area (TPSA) is 46.3 Å². The Hall–Kier alpha value is -1.51. The van der Waals surface area contributed by atoms with Crippen molar-refractivity contribution in [3.05, 3.63) is 42.3 Å². The molecule has 1 aromatic rings. The lowest BCUT2D eigenvalue weighted by atomic mass is 9.91. The molecule has 0 spiro atoms. The van der Waals surface area contributed by atoms with Gasteiger partial charge in [0.05, 0.1) is 0 Å². The minimum Gasteiger partial charge on any atom is -0.351 e. The first-order valence-electron chi connectivity index (χ1n) is 5.20. The van der Waals surface area contributed by atoms with Gasteiger partial charge in [-0.15, -0.1) is 0 Å². The summed E-state index contributed by atoms with van der Waals surface area (Å²) < 4.78 is 0. The average molecular weight is 203 g/mol. The fourth-order valence-electron chi connectivity index (χ4n) is 1.98. The van der Waals surface area contributed by atoms with Crippen LogP contribution in [-0.2, 0) is 0 Å². The molecule has 1 atom stereocenters. The van der Waals surface area contributed by atoms with E-state index in [1.807, 2.05) is 18.2 Å². The van der Waals surface area contributed by atoms with Gasteiger partial charge in [-0.05, 0) is 18.4 Å². The Kier molecular flexibility index (Phi) is 2.90. The second kappa shape index (κ2) is 4.34. The van der Waals surface area contributed by atoms with Crippen LogP contribution in [0.1, 0.15) is 17.9 Å². The number of benzene rings is 1. The van der Waals surface area contributed by atoms with Crippen molar-refractivity contribution in [2.24, 2.45) is 5.73 Å². The highest BCUT2D eigenvalue weighted by molar-refractivity contribution is 5.72. The summed E-state index contributed by atoms with van der Waals surface area (Å²) >= 11 is 0. The SMILES string of the molecule is NC(=O)N1CC[CH]C(c2ccccc2)C1. The van der Waals surface area contributed by atoms with Gasteiger partial charge in [0.1, 0.15) is 0 Å². The molecule has 1 aliphatic rings. The molecule has 2 N–H and O–H groups in total. The zero-order chi connectivity index (χ0) is 10.7. The molecule has 1 radical (unpaired) electrons. The monoisotopic (exact) mass is 203 g/mol. The van der Waals surface area contributed by atoms with Gasteiger partial charge in [-0.3, -0.25) is 0 Å². The molecule has 3 heteroatoms. The van der Waals surface area contributed by atoms with Crippen molar-refractivity contribution < 1.29 is 4.79 Å². The number of primary amides is 1. The van der Waals surface area contributed by atoms with E-state index in [1.165, 1.54) is 5.56 Å². The highest BCUT2D eigenvalue weighted by atomic mass is 16.2. The number of nitrogens with two attached hydrogens (primary N) is 1. The summed E-state index contributed by atoms with van der Waals surface area (Å²) in [4.78, 5) is 12.8. The first-order valence-corrected chi connectivity index (χ1v) is 5.20. The van der Waals surface area contributed by atoms with Crippen LogP contribution in [0.5, 0.6) is 0 Å². The second-order valence-electron chi connectivity index (χ2n) is 3.83. The van der Waals surface area contributed by atoms with Crippen LogP contribution >= 0.6 is 0 Å². The predicted octanol–water partition coefficient (Wildman–Crippen LogP) is 1.76. The maximum absolute atomic E-state index is 11.1. The fourth-order valence-corrected chi connectivity index (χ4v) is 1.98. The van der Waals surface area contributed by atoms with Crippen molar-refractivity contribution in [3.8, 4) is 0 Å². The Morgan fingerprint density at radius 1 is 1.33 bits per heavy atom. The van der Waals surface area contributed by atoms with E-state index < -0.39 is 0 Å². The quantitative estimate of drug-likeness (QED) is 0.742. The molecule has 1 saturated heterocycles. The third-order valence-corrected chi connectivity index (χ3v) is 2.81. The van der Waals surface area contributed by atoms with Crippen molar-refractivity contribution in [3.63, 3.8) is 0 Å². The molecular formula is C12H15N2O.